The first-order chi connectivity index (χ1) is 9.22. The number of halogens is 1. The Morgan fingerprint density at radius 2 is 1.68 bits per heavy atom. The zero-order valence-corrected chi connectivity index (χ0v) is 14.3. The van der Waals surface area contributed by atoms with Crippen LogP contribution in [0.4, 0.5) is 0 Å². The van der Waals surface area contributed by atoms with Crippen molar-refractivity contribution >= 4 is 27.7 Å². The Morgan fingerprint density at radius 3 is 2.37 bits per heavy atom. The van der Waals surface area contributed by atoms with E-state index < -0.39 is 0 Å². The van der Waals surface area contributed by atoms with Gasteiger partial charge in [0.15, 0.2) is 0 Å². The van der Waals surface area contributed by atoms with E-state index in [-0.39, 0.29) is 0 Å². The van der Waals surface area contributed by atoms with Gasteiger partial charge in [-0.1, -0.05) is 61.4 Å². The second kappa shape index (κ2) is 10.8. The van der Waals surface area contributed by atoms with Gasteiger partial charge in [0.1, 0.15) is 0 Å². The maximum Gasteiger partial charge on any atom is 0.0176 e. The van der Waals surface area contributed by atoms with E-state index >= 15 is 0 Å². The third kappa shape index (κ3) is 8.72. The van der Waals surface area contributed by atoms with Gasteiger partial charge in [-0.25, -0.2) is 0 Å². The first kappa shape index (κ1) is 17.1. The summed E-state index contributed by atoms with van der Waals surface area (Å²) >= 11 is 5.31. The molecule has 0 aliphatic heterocycles. The summed E-state index contributed by atoms with van der Waals surface area (Å²) in [6.45, 7) is 2.26. The Bertz CT molecular complexity index is 326. The van der Waals surface area contributed by atoms with Crippen molar-refractivity contribution in [1.82, 2.24) is 0 Å². The van der Waals surface area contributed by atoms with Crippen LogP contribution in [0.25, 0.3) is 0 Å². The molecule has 0 aromatic heterocycles. The SMILES string of the molecule is CCCCCCCCC(N)CSc1ccc(Br)cc1. The molecule has 1 unspecified atom stereocenters. The van der Waals surface area contributed by atoms with Crippen LogP contribution in [0.1, 0.15) is 51.9 Å². The van der Waals surface area contributed by atoms with Gasteiger partial charge in [-0.3, -0.25) is 0 Å². The third-order valence-corrected chi connectivity index (χ3v) is 4.94. The van der Waals surface area contributed by atoms with Crippen molar-refractivity contribution in [2.45, 2.75) is 62.8 Å². The Balaban J connectivity index is 2.04. The predicted molar refractivity (Wildman–Crippen MR) is 90.8 cm³/mol. The molecule has 1 aromatic carbocycles. The van der Waals surface area contributed by atoms with Crippen LogP contribution in [-0.2, 0) is 0 Å². The molecule has 108 valence electrons. The minimum atomic E-state index is 0.333. The van der Waals surface area contributed by atoms with Crippen LogP contribution in [-0.4, -0.2) is 11.8 Å². The lowest BCUT2D eigenvalue weighted by atomic mass is 10.1. The number of unbranched alkanes of at least 4 members (excludes halogenated alkanes) is 5. The van der Waals surface area contributed by atoms with Gasteiger partial charge in [0.2, 0.25) is 0 Å². The molecule has 1 atom stereocenters. The zero-order chi connectivity index (χ0) is 13.9. The van der Waals surface area contributed by atoms with Gasteiger partial charge in [0, 0.05) is 21.2 Å². The van der Waals surface area contributed by atoms with Crippen molar-refractivity contribution in [1.29, 1.82) is 0 Å². The van der Waals surface area contributed by atoms with E-state index in [0.717, 1.165) is 16.6 Å². The predicted octanol–water partition coefficient (Wildman–Crippen LogP) is 5.62. The van der Waals surface area contributed by atoms with E-state index in [4.69, 9.17) is 5.73 Å². The highest BCUT2D eigenvalue weighted by Gasteiger charge is 2.03. The lowest BCUT2D eigenvalue weighted by molar-refractivity contribution is 0.557. The molecule has 1 aromatic rings. The smallest absolute Gasteiger partial charge is 0.0176 e. The number of hydrogen-bond acceptors (Lipinski definition) is 2. The van der Waals surface area contributed by atoms with Gasteiger partial charge in [-0.05, 0) is 30.7 Å². The molecule has 0 aliphatic rings. The molecule has 0 radical (unpaired) electrons. The Kier molecular flexibility index (Phi) is 9.66. The summed E-state index contributed by atoms with van der Waals surface area (Å²) in [5.74, 6) is 1.02. The van der Waals surface area contributed by atoms with Crippen LogP contribution in [0.2, 0.25) is 0 Å². The highest BCUT2D eigenvalue weighted by atomic mass is 79.9. The summed E-state index contributed by atoms with van der Waals surface area (Å²) in [6, 6.07) is 8.79. The largest absolute Gasteiger partial charge is 0.327 e. The first-order valence-electron chi connectivity index (χ1n) is 7.36. The van der Waals surface area contributed by atoms with Crippen molar-refractivity contribution in [2.24, 2.45) is 5.73 Å². The second-order valence-corrected chi connectivity index (χ2v) is 7.09. The quantitative estimate of drug-likeness (QED) is 0.440. The molecule has 0 bridgehead atoms. The molecule has 3 heteroatoms. The molecule has 0 saturated heterocycles. The van der Waals surface area contributed by atoms with E-state index in [1.807, 2.05) is 11.8 Å². The van der Waals surface area contributed by atoms with Crippen LogP contribution >= 0.6 is 27.7 Å². The van der Waals surface area contributed by atoms with E-state index in [9.17, 15) is 0 Å². The van der Waals surface area contributed by atoms with Crippen LogP contribution in [0, 0.1) is 0 Å². The fourth-order valence-electron chi connectivity index (χ4n) is 2.00. The van der Waals surface area contributed by atoms with Crippen molar-refractivity contribution in [3.63, 3.8) is 0 Å². The molecule has 0 saturated carbocycles. The summed E-state index contributed by atoms with van der Waals surface area (Å²) in [5, 5.41) is 0. The number of nitrogens with two attached hydrogens (primary N) is 1. The van der Waals surface area contributed by atoms with Crippen molar-refractivity contribution in [3.05, 3.63) is 28.7 Å². The van der Waals surface area contributed by atoms with Gasteiger partial charge >= 0.3 is 0 Å². The van der Waals surface area contributed by atoms with Crippen LogP contribution in [0.3, 0.4) is 0 Å². The van der Waals surface area contributed by atoms with Gasteiger partial charge in [0.05, 0.1) is 0 Å². The molecule has 0 amide bonds. The van der Waals surface area contributed by atoms with Crippen LogP contribution < -0.4 is 5.73 Å². The molecule has 0 fully saturated rings. The Morgan fingerprint density at radius 1 is 1.05 bits per heavy atom. The summed E-state index contributed by atoms with van der Waals surface area (Å²) in [6.07, 6.45) is 9.26. The molecule has 0 aliphatic carbocycles. The summed E-state index contributed by atoms with van der Waals surface area (Å²) in [5.41, 5.74) is 6.16. The van der Waals surface area contributed by atoms with E-state index in [2.05, 4.69) is 47.1 Å². The molecular formula is C16H26BrNS. The standard InChI is InChI=1S/C16H26BrNS/c1-2-3-4-5-6-7-8-15(18)13-19-16-11-9-14(17)10-12-16/h9-12,15H,2-8,13,18H2,1H3. The summed E-state index contributed by atoms with van der Waals surface area (Å²) in [7, 11) is 0. The molecule has 1 nitrogen and oxygen atoms in total. The summed E-state index contributed by atoms with van der Waals surface area (Å²) < 4.78 is 1.13. The van der Waals surface area contributed by atoms with Crippen molar-refractivity contribution < 1.29 is 0 Å². The minimum absolute atomic E-state index is 0.333. The lowest BCUT2D eigenvalue weighted by Gasteiger charge is -2.11. The number of rotatable bonds is 10. The van der Waals surface area contributed by atoms with Gasteiger partial charge < -0.3 is 5.73 Å². The van der Waals surface area contributed by atoms with Gasteiger partial charge in [-0.15, -0.1) is 11.8 Å². The number of hydrogen-bond donors (Lipinski definition) is 1. The van der Waals surface area contributed by atoms with Crippen LogP contribution in [0.15, 0.2) is 33.6 Å². The highest BCUT2D eigenvalue weighted by molar-refractivity contribution is 9.10. The number of thioether (sulfide) groups is 1. The fourth-order valence-corrected chi connectivity index (χ4v) is 3.17. The molecule has 19 heavy (non-hydrogen) atoms. The maximum absolute atomic E-state index is 6.16. The average Bonchev–Trinajstić information content (AvgIpc) is 2.42. The lowest BCUT2D eigenvalue weighted by Crippen LogP contribution is -2.22. The van der Waals surface area contributed by atoms with Crippen molar-refractivity contribution in [3.8, 4) is 0 Å². The molecule has 0 heterocycles. The fraction of sp³-hybridized carbons (Fsp3) is 0.625. The monoisotopic (exact) mass is 343 g/mol. The maximum atomic E-state index is 6.16. The first-order valence-corrected chi connectivity index (χ1v) is 9.14. The molecule has 1 rings (SSSR count). The summed E-state index contributed by atoms with van der Waals surface area (Å²) in [4.78, 5) is 1.31. The van der Waals surface area contributed by atoms with E-state index in [1.54, 1.807) is 0 Å². The average molecular weight is 344 g/mol. The van der Waals surface area contributed by atoms with Gasteiger partial charge in [0.25, 0.3) is 0 Å². The normalized spacial score (nSPS) is 12.6. The molecule has 2 N–H and O–H groups in total. The topological polar surface area (TPSA) is 26.0 Å². The van der Waals surface area contributed by atoms with Gasteiger partial charge in [-0.2, -0.15) is 0 Å². The molecule has 0 spiro atoms. The Labute approximate surface area is 130 Å². The highest BCUT2D eigenvalue weighted by Crippen LogP contribution is 2.22. The zero-order valence-electron chi connectivity index (χ0n) is 11.9. The van der Waals surface area contributed by atoms with Crippen LogP contribution in [0.5, 0.6) is 0 Å². The minimum Gasteiger partial charge on any atom is -0.327 e. The van der Waals surface area contributed by atoms with E-state index in [1.165, 1.54) is 43.4 Å². The van der Waals surface area contributed by atoms with Crippen molar-refractivity contribution in [2.75, 3.05) is 5.75 Å². The number of benzene rings is 1. The Hall–Kier alpha value is 0.01000. The second-order valence-electron chi connectivity index (χ2n) is 5.08. The third-order valence-electron chi connectivity index (χ3n) is 3.21. The van der Waals surface area contributed by atoms with E-state index in [0.29, 0.717) is 6.04 Å². The molecular weight excluding hydrogens is 318 g/mol.